The minimum atomic E-state index is -0.110. The Hall–Kier alpha value is -2.14. The van der Waals surface area contributed by atoms with Gasteiger partial charge in [-0.1, -0.05) is 18.2 Å². The molecule has 0 aliphatic carbocycles. The van der Waals surface area contributed by atoms with Gasteiger partial charge in [0, 0.05) is 41.5 Å². The third kappa shape index (κ3) is 2.76. The van der Waals surface area contributed by atoms with E-state index >= 15 is 0 Å². The number of nitrogens with one attached hydrogen (secondary N) is 1. The number of aromatic nitrogens is 2. The fourth-order valence-corrected chi connectivity index (χ4v) is 2.76. The molecule has 0 saturated carbocycles. The van der Waals surface area contributed by atoms with E-state index in [1.165, 1.54) is 5.56 Å². The van der Waals surface area contributed by atoms with Gasteiger partial charge in [-0.2, -0.15) is 0 Å². The summed E-state index contributed by atoms with van der Waals surface area (Å²) in [7, 11) is 1.58. The summed E-state index contributed by atoms with van der Waals surface area (Å²) in [4.78, 5) is 8.52. The highest BCUT2D eigenvalue weighted by atomic mass is 16.5. The number of ether oxygens (including phenoxy) is 2. The van der Waals surface area contributed by atoms with Crippen molar-refractivity contribution in [3.63, 3.8) is 0 Å². The van der Waals surface area contributed by atoms with E-state index in [0.29, 0.717) is 12.6 Å². The van der Waals surface area contributed by atoms with Crippen molar-refractivity contribution in [1.82, 2.24) is 15.3 Å². The second-order valence-electron chi connectivity index (χ2n) is 5.75. The summed E-state index contributed by atoms with van der Waals surface area (Å²) in [6.45, 7) is 5.62. The van der Waals surface area contributed by atoms with Crippen molar-refractivity contribution in [1.29, 1.82) is 0 Å². The van der Waals surface area contributed by atoms with Crippen LogP contribution in [0.25, 0.3) is 0 Å². The number of hydrogen-bond donors (Lipinski definition) is 1. The molecule has 5 nitrogen and oxygen atoms in total. The molecule has 1 aliphatic rings. The number of para-hydroxylation sites is 1. The molecule has 116 valence electrons. The minimum Gasteiger partial charge on any atom is -0.493 e. The third-order valence-corrected chi connectivity index (χ3v) is 4.25. The van der Waals surface area contributed by atoms with Crippen LogP contribution in [-0.2, 0) is 12.1 Å². The van der Waals surface area contributed by atoms with Crippen molar-refractivity contribution in [2.75, 3.05) is 13.7 Å². The third-order valence-electron chi connectivity index (χ3n) is 4.25. The first-order chi connectivity index (χ1) is 10.6. The van der Waals surface area contributed by atoms with E-state index in [2.05, 4.69) is 34.3 Å². The summed E-state index contributed by atoms with van der Waals surface area (Å²) < 4.78 is 10.8. The molecule has 3 rings (SSSR count). The van der Waals surface area contributed by atoms with Gasteiger partial charge >= 0.3 is 6.01 Å². The summed E-state index contributed by atoms with van der Waals surface area (Å²) in [5, 5.41) is 3.65. The maximum Gasteiger partial charge on any atom is 0.316 e. The van der Waals surface area contributed by atoms with Gasteiger partial charge in [-0.05, 0) is 19.9 Å². The number of methoxy groups -OCH3 is 1. The molecule has 0 saturated heterocycles. The van der Waals surface area contributed by atoms with E-state index in [1.54, 1.807) is 7.11 Å². The first-order valence-corrected chi connectivity index (χ1v) is 7.46. The molecule has 0 bridgehead atoms. The van der Waals surface area contributed by atoms with E-state index in [9.17, 15) is 0 Å². The summed E-state index contributed by atoms with van der Waals surface area (Å²) in [5.41, 5.74) is 3.10. The van der Waals surface area contributed by atoms with Gasteiger partial charge in [0.2, 0.25) is 0 Å². The van der Waals surface area contributed by atoms with Crippen molar-refractivity contribution >= 4 is 0 Å². The van der Waals surface area contributed by atoms with Crippen LogP contribution in [0.1, 0.15) is 30.2 Å². The smallest absolute Gasteiger partial charge is 0.316 e. The van der Waals surface area contributed by atoms with Crippen LogP contribution in [0.5, 0.6) is 11.8 Å². The molecule has 1 aliphatic heterocycles. The number of aryl methyl sites for hydroxylation is 1. The molecular formula is C17H21N3O2. The fraction of sp³-hybridized carbons (Fsp3) is 0.412. The Morgan fingerprint density at radius 2 is 2.18 bits per heavy atom. The van der Waals surface area contributed by atoms with Crippen LogP contribution >= 0.6 is 0 Å². The molecule has 1 aromatic heterocycles. The van der Waals surface area contributed by atoms with Crippen molar-refractivity contribution in [3.05, 3.63) is 47.3 Å². The van der Waals surface area contributed by atoms with Crippen LogP contribution in [0.3, 0.4) is 0 Å². The molecule has 5 heteroatoms. The SMILES string of the molecule is COc1ncc(CNC2(C)CCOc3ccccc32)c(C)n1. The Balaban J connectivity index is 1.79. The Bertz CT molecular complexity index is 675. The number of hydrogen-bond acceptors (Lipinski definition) is 5. The first kappa shape index (κ1) is 14.8. The van der Waals surface area contributed by atoms with Crippen LogP contribution in [0.2, 0.25) is 0 Å². The number of nitrogens with zero attached hydrogens (tertiary/aromatic N) is 2. The lowest BCUT2D eigenvalue weighted by atomic mass is 9.86. The zero-order valence-corrected chi connectivity index (χ0v) is 13.2. The first-order valence-electron chi connectivity index (χ1n) is 7.46. The lowest BCUT2D eigenvalue weighted by Crippen LogP contribution is -2.43. The van der Waals surface area contributed by atoms with Gasteiger partial charge in [-0.15, -0.1) is 0 Å². The molecule has 0 radical (unpaired) electrons. The van der Waals surface area contributed by atoms with Crippen LogP contribution < -0.4 is 14.8 Å². The van der Waals surface area contributed by atoms with E-state index in [-0.39, 0.29) is 5.54 Å². The zero-order valence-electron chi connectivity index (χ0n) is 13.2. The second-order valence-corrected chi connectivity index (χ2v) is 5.75. The van der Waals surface area contributed by atoms with Crippen molar-refractivity contribution < 1.29 is 9.47 Å². The van der Waals surface area contributed by atoms with Gasteiger partial charge in [-0.25, -0.2) is 9.97 Å². The van der Waals surface area contributed by atoms with Gasteiger partial charge in [0.25, 0.3) is 0 Å². The highest BCUT2D eigenvalue weighted by Crippen LogP contribution is 2.36. The largest absolute Gasteiger partial charge is 0.493 e. The number of rotatable bonds is 4. The van der Waals surface area contributed by atoms with Crippen molar-refractivity contribution in [2.45, 2.75) is 32.4 Å². The Labute approximate surface area is 130 Å². The highest BCUT2D eigenvalue weighted by molar-refractivity contribution is 5.40. The summed E-state index contributed by atoms with van der Waals surface area (Å²) >= 11 is 0. The standard InChI is InChI=1S/C17H21N3O2/c1-12-13(10-18-16(20-12)21-3)11-19-17(2)8-9-22-15-7-5-4-6-14(15)17/h4-7,10,19H,8-9,11H2,1-3H3. The molecule has 1 N–H and O–H groups in total. The fourth-order valence-electron chi connectivity index (χ4n) is 2.76. The molecule has 22 heavy (non-hydrogen) atoms. The van der Waals surface area contributed by atoms with Crippen LogP contribution in [0, 0.1) is 6.92 Å². The molecule has 1 atom stereocenters. The molecule has 2 aromatic rings. The lowest BCUT2D eigenvalue weighted by Gasteiger charge is -2.36. The number of fused-ring (bicyclic) bond motifs is 1. The molecule has 1 unspecified atom stereocenters. The zero-order chi connectivity index (χ0) is 15.6. The molecule has 0 amide bonds. The monoisotopic (exact) mass is 299 g/mol. The van der Waals surface area contributed by atoms with Gasteiger partial charge in [0.15, 0.2) is 0 Å². The van der Waals surface area contributed by atoms with Gasteiger partial charge < -0.3 is 14.8 Å². The topological polar surface area (TPSA) is 56.3 Å². The predicted molar refractivity (Wildman–Crippen MR) is 84.1 cm³/mol. The predicted octanol–water partition coefficient (Wildman–Crippen LogP) is 2.58. The quantitative estimate of drug-likeness (QED) is 0.940. The maximum atomic E-state index is 5.74. The minimum absolute atomic E-state index is 0.110. The number of benzene rings is 1. The van der Waals surface area contributed by atoms with Gasteiger partial charge in [-0.3, -0.25) is 0 Å². The summed E-state index contributed by atoms with van der Waals surface area (Å²) in [5.74, 6) is 0.964. The van der Waals surface area contributed by atoms with Crippen LogP contribution in [0.15, 0.2) is 30.5 Å². The van der Waals surface area contributed by atoms with Crippen LogP contribution in [-0.4, -0.2) is 23.7 Å². The van der Waals surface area contributed by atoms with Crippen LogP contribution in [0.4, 0.5) is 0 Å². The van der Waals surface area contributed by atoms with E-state index in [1.807, 2.05) is 25.3 Å². The van der Waals surface area contributed by atoms with E-state index in [0.717, 1.165) is 30.0 Å². The van der Waals surface area contributed by atoms with Gasteiger partial charge in [0.05, 0.1) is 13.7 Å². The normalized spacial score (nSPS) is 20.1. The molecule has 1 aromatic carbocycles. The maximum absolute atomic E-state index is 5.74. The van der Waals surface area contributed by atoms with E-state index in [4.69, 9.17) is 9.47 Å². The molecule has 0 spiro atoms. The highest BCUT2D eigenvalue weighted by Gasteiger charge is 2.32. The lowest BCUT2D eigenvalue weighted by molar-refractivity contribution is 0.195. The van der Waals surface area contributed by atoms with Gasteiger partial charge in [0.1, 0.15) is 5.75 Å². The molecule has 2 heterocycles. The summed E-state index contributed by atoms with van der Waals surface area (Å²) in [6.07, 6.45) is 2.75. The Morgan fingerprint density at radius 1 is 1.36 bits per heavy atom. The van der Waals surface area contributed by atoms with Crippen molar-refractivity contribution in [2.24, 2.45) is 0 Å². The molecular weight excluding hydrogens is 278 g/mol. The average molecular weight is 299 g/mol. The second kappa shape index (κ2) is 5.93. The van der Waals surface area contributed by atoms with Crippen molar-refractivity contribution in [3.8, 4) is 11.8 Å². The Morgan fingerprint density at radius 3 is 2.95 bits per heavy atom. The molecule has 0 fully saturated rings. The summed E-state index contributed by atoms with van der Waals surface area (Å²) in [6, 6.07) is 8.61. The Kier molecular flexibility index (Phi) is 3.98. The van der Waals surface area contributed by atoms with E-state index < -0.39 is 0 Å². The average Bonchev–Trinajstić information content (AvgIpc) is 2.54.